The van der Waals surface area contributed by atoms with Gasteiger partial charge in [-0.15, -0.1) is 11.8 Å². The smallest absolute Gasteiger partial charge is 0.269 e. The first kappa shape index (κ1) is 21.1. The van der Waals surface area contributed by atoms with Gasteiger partial charge in [-0.1, -0.05) is 24.3 Å². The van der Waals surface area contributed by atoms with E-state index in [0.717, 1.165) is 16.1 Å². The van der Waals surface area contributed by atoms with Gasteiger partial charge in [-0.3, -0.25) is 19.7 Å². The molecule has 8 heteroatoms. The lowest BCUT2D eigenvalue weighted by atomic mass is 10.2. The van der Waals surface area contributed by atoms with Gasteiger partial charge >= 0.3 is 0 Å². The highest BCUT2D eigenvalue weighted by atomic mass is 32.2. The summed E-state index contributed by atoms with van der Waals surface area (Å²) in [6, 6.07) is 20.1. The number of nitrogens with one attached hydrogen (secondary N) is 2. The highest BCUT2D eigenvalue weighted by Crippen LogP contribution is 2.23. The average molecular weight is 421 g/mol. The summed E-state index contributed by atoms with van der Waals surface area (Å²) in [5, 5.41) is 16.4. The second-order valence-corrected chi connectivity index (χ2v) is 7.49. The van der Waals surface area contributed by atoms with Gasteiger partial charge in [0.05, 0.1) is 10.7 Å². The Labute approximate surface area is 177 Å². The molecule has 30 heavy (non-hydrogen) atoms. The first-order chi connectivity index (χ1) is 14.4. The summed E-state index contributed by atoms with van der Waals surface area (Å²) in [5.74, 6) is -0.257. The van der Waals surface area contributed by atoms with Crippen LogP contribution in [0, 0.1) is 17.0 Å². The van der Waals surface area contributed by atoms with Crippen LogP contribution < -0.4 is 10.6 Å². The zero-order chi connectivity index (χ0) is 21.5. The molecule has 0 saturated heterocycles. The lowest BCUT2D eigenvalue weighted by Gasteiger charge is -2.09. The number of aryl methyl sites for hydroxylation is 1. The number of nitrogens with zero attached hydrogens (tertiary/aromatic N) is 1. The van der Waals surface area contributed by atoms with Gasteiger partial charge in [0.15, 0.2) is 0 Å². The molecule has 7 nitrogen and oxygen atoms in total. The van der Waals surface area contributed by atoms with Crippen LogP contribution in [0.4, 0.5) is 17.1 Å². The Bertz CT molecular complexity index is 1080. The monoisotopic (exact) mass is 421 g/mol. The molecule has 0 aliphatic rings. The molecule has 3 aromatic rings. The maximum Gasteiger partial charge on any atom is 0.269 e. The van der Waals surface area contributed by atoms with Gasteiger partial charge < -0.3 is 10.6 Å². The molecule has 152 valence electrons. The quantitative estimate of drug-likeness (QED) is 0.321. The highest BCUT2D eigenvalue weighted by molar-refractivity contribution is 8.00. The predicted octanol–water partition coefficient (Wildman–Crippen LogP) is 4.89. The Morgan fingerprint density at radius 2 is 1.70 bits per heavy atom. The van der Waals surface area contributed by atoms with Crippen LogP contribution in [-0.4, -0.2) is 22.5 Å². The Balaban J connectivity index is 1.57. The second kappa shape index (κ2) is 9.71. The van der Waals surface area contributed by atoms with E-state index in [9.17, 15) is 19.7 Å². The summed E-state index contributed by atoms with van der Waals surface area (Å²) in [6.45, 7) is 1.93. The zero-order valence-electron chi connectivity index (χ0n) is 16.1. The van der Waals surface area contributed by atoms with Crippen molar-refractivity contribution in [2.24, 2.45) is 0 Å². The van der Waals surface area contributed by atoms with Crippen molar-refractivity contribution in [2.75, 3.05) is 16.4 Å². The molecule has 3 rings (SSSR count). The fourth-order valence-electron chi connectivity index (χ4n) is 2.65. The minimum Gasteiger partial charge on any atom is -0.325 e. The first-order valence-corrected chi connectivity index (χ1v) is 10.0. The van der Waals surface area contributed by atoms with E-state index in [1.165, 1.54) is 36.0 Å². The van der Waals surface area contributed by atoms with E-state index in [1.807, 2.05) is 37.3 Å². The third-order valence-corrected chi connectivity index (χ3v) is 5.22. The largest absolute Gasteiger partial charge is 0.325 e. The molecule has 2 amide bonds. The van der Waals surface area contributed by atoms with E-state index < -0.39 is 4.92 Å². The molecule has 0 aliphatic heterocycles. The van der Waals surface area contributed by atoms with Crippen LogP contribution >= 0.6 is 11.8 Å². The van der Waals surface area contributed by atoms with Crippen molar-refractivity contribution >= 4 is 40.6 Å². The number of hydrogen-bond acceptors (Lipinski definition) is 5. The number of carbonyl (C=O) groups is 2. The zero-order valence-corrected chi connectivity index (χ0v) is 16.9. The lowest BCUT2D eigenvalue weighted by Crippen LogP contribution is -2.14. The van der Waals surface area contributed by atoms with E-state index in [-0.39, 0.29) is 23.3 Å². The summed E-state index contributed by atoms with van der Waals surface area (Å²) in [7, 11) is 0. The van der Waals surface area contributed by atoms with Crippen LogP contribution in [0.2, 0.25) is 0 Å². The third-order valence-electron chi connectivity index (χ3n) is 4.22. The predicted molar refractivity (Wildman–Crippen MR) is 118 cm³/mol. The molecule has 0 radical (unpaired) electrons. The van der Waals surface area contributed by atoms with Crippen LogP contribution in [0.3, 0.4) is 0 Å². The fourth-order valence-corrected chi connectivity index (χ4v) is 3.40. The van der Waals surface area contributed by atoms with Crippen molar-refractivity contribution in [3.8, 4) is 0 Å². The van der Waals surface area contributed by atoms with Gasteiger partial charge in [0.25, 0.3) is 11.6 Å². The normalized spacial score (nSPS) is 10.3. The summed E-state index contributed by atoms with van der Waals surface area (Å²) in [4.78, 5) is 35.6. The van der Waals surface area contributed by atoms with Gasteiger partial charge in [0.2, 0.25) is 5.91 Å². The summed E-state index contributed by atoms with van der Waals surface area (Å²) < 4.78 is 0. The Hall–Kier alpha value is -3.65. The van der Waals surface area contributed by atoms with E-state index in [0.29, 0.717) is 11.3 Å². The SMILES string of the molecule is Cc1ccccc1NC(=O)CSc1cccc(NC(=O)c2ccc([N+](=O)[O-])cc2)c1. The van der Waals surface area contributed by atoms with Gasteiger partial charge in [0.1, 0.15) is 0 Å². The van der Waals surface area contributed by atoms with Crippen LogP contribution in [0.5, 0.6) is 0 Å². The molecule has 0 aromatic heterocycles. The number of amides is 2. The number of benzene rings is 3. The first-order valence-electron chi connectivity index (χ1n) is 9.06. The summed E-state index contributed by atoms with van der Waals surface area (Å²) in [6.07, 6.45) is 0. The van der Waals surface area contributed by atoms with E-state index >= 15 is 0 Å². The van der Waals surface area contributed by atoms with Crippen molar-refractivity contribution in [1.82, 2.24) is 0 Å². The molecular weight excluding hydrogens is 402 g/mol. The van der Waals surface area contributed by atoms with Crippen molar-refractivity contribution in [3.05, 3.63) is 94.0 Å². The van der Waals surface area contributed by atoms with Crippen molar-refractivity contribution in [3.63, 3.8) is 0 Å². The minimum atomic E-state index is -0.516. The van der Waals surface area contributed by atoms with Crippen LogP contribution in [-0.2, 0) is 4.79 Å². The molecule has 0 fully saturated rings. The van der Waals surface area contributed by atoms with Crippen molar-refractivity contribution < 1.29 is 14.5 Å². The third kappa shape index (κ3) is 5.68. The van der Waals surface area contributed by atoms with Crippen molar-refractivity contribution in [2.45, 2.75) is 11.8 Å². The molecule has 3 aromatic carbocycles. The van der Waals surface area contributed by atoms with Gasteiger partial charge in [-0.25, -0.2) is 0 Å². The summed E-state index contributed by atoms with van der Waals surface area (Å²) in [5.41, 5.74) is 2.59. The average Bonchev–Trinajstić information content (AvgIpc) is 2.74. The number of rotatable bonds is 7. The maximum atomic E-state index is 12.4. The minimum absolute atomic E-state index is 0.0751. The number of carbonyl (C=O) groups excluding carboxylic acids is 2. The molecule has 0 atom stereocenters. The van der Waals surface area contributed by atoms with E-state index in [1.54, 1.807) is 18.2 Å². The summed E-state index contributed by atoms with van der Waals surface area (Å²) >= 11 is 1.36. The molecule has 0 heterocycles. The standard InChI is InChI=1S/C22H19N3O4S/c1-15-5-2-3-8-20(15)24-21(26)14-30-19-7-4-6-17(13-19)23-22(27)16-9-11-18(12-10-16)25(28)29/h2-13H,14H2,1H3,(H,23,27)(H,24,26). The van der Waals surface area contributed by atoms with Crippen LogP contribution in [0.25, 0.3) is 0 Å². The number of para-hydroxylation sites is 1. The second-order valence-electron chi connectivity index (χ2n) is 6.44. The molecule has 0 aliphatic carbocycles. The topological polar surface area (TPSA) is 101 Å². The molecule has 0 spiro atoms. The van der Waals surface area contributed by atoms with Crippen LogP contribution in [0.1, 0.15) is 15.9 Å². The Morgan fingerprint density at radius 3 is 2.40 bits per heavy atom. The van der Waals surface area contributed by atoms with Gasteiger partial charge in [-0.2, -0.15) is 0 Å². The number of anilines is 2. The number of non-ortho nitro benzene ring substituents is 1. The number of thioether (sulfide) groups is 1. The van der Waals surface area contributed by atoms with Gasteiger partial charge in [-0.05, 0) is 48.9 Å². The Kier molecular flexibility index (Phi) is 6.82. The van der Waals surface area contributed by atoms with Gasteiger partial charge in [0, 0.05) is 34.0 Å². The molecule has 0 bridgehead atoms. The number of nitro benzene ring substituents is 1. The number of hydrogen-bond donors (Lipinski definition) is 2. The molecule has 0 unspecified atom stereocenters. The van der Waals surface area contributed by atoms with E-state index in [4.69, 9.17) is 0 Å². The highest BCUT2D eigenvalue weighted by Gasteiger charge is 2.11. The maximum absolute atomic E-state index is 12.4. The molecular formula is C22H19N3O4S. The lowest BCUT2D eigenvalue weighted by molar-refractivity contribution is -0.384. The Morgan fingerprint density at radius 1 is 0.967 bits per heavy atom. The molecule has 0 saturated carbocycles. The number of nitro groups is 1. The molecule has 2 N–H and O–H groups in total. The van der Waals surface area contributed by atoms with Crippen molar-refractivity contribution in [1.29, 1.82) is 0 Å². The fraction of sp³-hybridized carbons (Fsp3) is 0.0909. The van der Waals surface area contributed by atoms with E-state index in [2.05, 4.69) is 10.6 Å². The van der Waals surface area contributed by atoms with Crippen LogP contribution in [0.15, 0.2) is 77.7 Å².